The summed E-state index contributed by atoms with van der Waals surface area (Å²) in [6.07, 6.45) is -3.82. The molecule has 0 bridgehead atoms. The summed E-state index contributed by atoms with van der Waals surface area (Å²) in [6.45, 7) is 6.13. The Hall–Kier alpha value is -2.31. The first-order valence-corrected chi connectivity index (χ1v) is 7.36. The molecule has 4 nitrogen and oxygen atoms in total. The maximum Gasteiger partial charge on any atom is 0.421 e. The molecule has 24 heavy (non-hydrogen) atoms. The van der Waals surface area contributed by atoms with Gasteiger partial charge < -0.3 is 9.64 Å². The quantitative estimate of drug-likeness (QED) is 0.821. The molecule has 1 aromatic heterocycles. The van der Waals surface area contributed by atoms with Gasteiger partial charge in [-0.1, -0.05) is 32.9 Å². The van der Waals surface area contributed by atoms with Crippen LogP contribution in [0.25, 0.3) is 0 Å². The van der Waals surface area contributed by atoms with Gasteiger partial charge in [-0.15, -0.1) is 0 Å². The molecule has 0 aliphatic carbocycles. The molecule has 130 valence electrons. The highest BCUT2D eigenvalue weighted by atomic mass is 19.4. The highest BCUT2D eigenvalue weighted by molar-refractivity contribution is 5.63. The fourth-order valence-corrected chi connectivity index (χ4v) is 2.21. The number of rotatable bonds is 3. The summed E-state index contributed by atoms with van der Waals surface area (Å²) in [5.41, 5.74) is 0.592. The van der Waals surface area contributed by atoms with Crippen molar-refractivity contribution in [2.75, 3.05) is 19.1 Å². The zero-order valence-electron chi connectivity index (χ0n) is 14.3. The van der Waals surface area contributed by atoms with Gasteiger partial charge >= 0.3 is 12.2 Å². The predicted molar refractivity (Wildman–Crippen MR) is 86.8 cm³/mol. The van der Waals surface area contributed by atoms with Gasteiger partial charge in [0.2, 0.25) is 0 Å². The van der Waals surface area contributed by atoms with Crippen LogP contribution in [-0.2, 0) is 11.6 Å². The minimum Gasteiger partial charge on any atom is -0.467 e. The fraction of sp³-hybridized carbons (Fsp3) is 0.412. The summed E-state index contributed by atoms with van der Waals surface area (Å²) < 4.78 is 44.7. The van der Waals surface area contributed by atoms with E-state index in [-0.39, 0.29) is 17.2 Å². The number of nitrogens with zero attached hydrogens (tertiary/aromatic N) is 3. The number of aromatic nitrogens is 2. The second-order valence-corrected chi connectivity index (χ2v) is 6.45. The van der Waals surface area contributed by atoms with Crippen molar-refractivity contribution >= 4 is 11.5 Å². The summed E-state index contributed by atoms with van der Waals surface area (Å²) in [4.78, 5) is 8.87. The summed E-state index contributed by atoms with van der Waals surface area (Å²) in [7, 11) is 2.85. The van der Waals surface area contributed by atoms with Crippen LogP contribution in [0.3, 0.4) is 0 Å². The number of methoxy groups -OCH3 is 1. The van der Waals surface area contributed by atoms with Crippen molar-refractivity contribution in [1.82, 2.24) is 9.97 Å². The molecule has 0 aliphatic heterocycles. The summed E-state index contributed by atoms with van der Waals surface area (Å²) in [5.74, 6) is -0.250. The third kappa shape index (κ3) is 3.77. The number of hydrogen-bond donors (Lipinski definition) is 0. The minimum absolute atomic E-state index is 0.114. The summed E-state index contributed by atoms with van der Waals surface area (Å²) >= 11 is 0. The molecule has 1 heterocycles. The van der Waals surface area contributed by atoms with Crippen LogP contribution in [0.4, 0.5) is 24.7 Å². The smallest absolute Gasteiger partial charge is 0.421 e. The predicted octanol–water partition coefficient (Wildman–Crippen LogP) is 4.57. The number of alkyl halides is 3. The molecule has 1 aromatic carbocycles. The highest BCUT2D eigenvalue weighted by Crippen LogP contribution is 2.38. The van der Waals surface area contributed by atoms with Gasteiger partial charge in [-0.3, -0.25) is 0 Å². The Morgan fingerprint density at radius 3 is 2.33 bits per heavy atom. The fourth-order valence-electron chi connectivity index (χ4n) is 2.21. The Morgan fingerprint density at radius 2 is 1.79 bits per heavy atom. The second kappa shape index (κ2) is 6.30. The van der Waals surface area contributed by atoms with E-state index in [1.165, 1.54) is 12.0 Å². The monoisotopic (exact) mass is 339 g/mol. The molecular formula is C17H20F3N3O. The van der Waals surface area contributed by atoms with Gasteiger partial charge in [0.25, 0.3) is 0 Å². The van der Waals surface area contributed by atoms with Gasteiger partial charge in [-0.25, -0.2) is 4.98 Å². The van der Waals surface area contributed by atoms with Crippen LogP contribution in [-0.4, -0.2) is 24.1 Å². The van der Waals surface area contributed by atoms with Crippen LogP contribution in [0.2, 0.25) is 0 Å². The zero-order chi connectivity index (χ0) is 18.1. The van der Waals surface area contributed by atoms with E-state index in [4.69, 9.17) is 4.74 Å². The van der Waals surface area contributed by atoms with Gasteiger partial charge in [0.05, 0.1) is 7.11 Å². The van der Waals surface area contributed by atoms with Crippen molar-refractivity contribution in [3.05, 3.63) is 41.6 Å². The normalized spacial score (nSPS) is 12.2. The van der Waals surface area contributed by atoms with Crippen molar-refractivity contribution < 1.29 is 17.9 Å². The van der Waals surface area contributed by atoms with Crippen LogP contribution in [0, 0.1) is 0 Å². The van der Waals surface area contributed by atoms with E-state index in [1.807, 2.05) is 39.0 Å². The summed E-state index contributed by atoms with van der Waals surface area (Å²) in [5, 5.41) is 0. The number of hydrogen-bond acceptors (Lipinski definition) is 4. The number of ether oxygens (including phenoxy) is 1. The Labute approximate surface area is 139 Å². The molecule has 0 spiro atoms. The lowest BCUT2D eigenvalue weighted by molar-refractivity contribution is -0.137. The standard InChI is InChI=1S/C17H20F3N3O/c1-16(2,3)11-7-6-8-12(9-11)23(4)14-13(17(18,19)20)10-21-15(22-14)24-5/h6-10H,1-5H3. The maximum atomic E-state index is 13.3. The number of benzene rings is 1. The first-order chi connectivity index (χ1) is 11.0. The van der Waals surface area contributed by atoms with Gasteiger partial charge in [0.1, 0.15) is 5.56 Å². The topological polar surface area (TPSA) is 38.2 Å². The lowest BCUT2D eigenvalue weighted by Crippen LogP contribution is -2.20. The van der Waals surface area contributed by atoms with Crippen LogP contribution in [0.5, 0.6) is 6.01 Å². The maximum absolute atomic E-state index is 13.3. The summed E-state index contributed by atoms with van der Waals surface area (Å²) in [6, 6.07) is 7.25. The van der Waals surface area contributed by atoms with E-state index in [2.05, 4.69) is 9.97 Å². The first kappa shape index (κ1) is 18.0. The molecule has 0 amide bonds. The van der Waals surface area contributed by atoms with Gasteiger partial charge in [0, 0.05) is 18.9 Å². The average molecular weight is 339 g/mol. The molecule has 2 aromatic rings. The highest BCUT2D eigenvalue weighted by Gasteiger charge is 2.36. The Morgan fingerprint density at radius 1 is 1.12 bits per heavy atom. The molecule has 0 aliphatic rings. The molecular weight excluding hydrogens is 319 g/mol. The largest absolute Gasteiger partial charge is 0.467 e. The third-order valence-corrected chi connectivity index (χ3v) is 3.65. The Bertz CT molecular complexity index is 724. The number of anilines is 2. The van der Waals surface area contributed by atoms with Crippen molar-refractivity contribution in [3.8, 4) is 6.01 Å². The molecule has 0 fully saturated rings. The molecule has 7 heteroatoms. The molecule has 0 N–H and O–H groups in total. The zero-order valence-corrected chi connectivity index (χ0v) is 14.3. The molecule has 0 unspecified atom stereocenters. The van der Waals surface area contributed by atoms with Crippen molar-refractivity contribution in [1.29, 1.82) is 0 Å². The first-order valence-electron chi connectivity index (χ1n) is 7.36. The van der Waals surface area contributed by atoms with Crippen LogP contribution in [0.15, 0.2) is 30.5 Å². The number of halogens is 3. The Kier molecular flexibility index (Phi) is 4.73. The SMILES string of the molecule is COc1ncc(C(F)(F)F)c(N(C)c2cccc(C(C)(C)C)c2)n1. The molecule has 0 radical (unpaired) electrons. The molecule has 2 rings (SSSR count). The Balaban J connectivity index is 2.55. The second-order valence-electron chi connectivity index (χ2n) is 6.45. The van der Waals surface area contributed by atoms with E-state index in [9.17, 15) is 13.2 Å². The van der Waals surface area contributed by atoms with Gasteiger partial charge in [-0.05, 0) is 23.1 Å². The van der Waals surface area contributed by atoms with Gasteiger partial charge in [-0.2, -0.15) is 18.2 Å². The van der Waals surface area contributed by atoms with Crippen LogP contribution in [0.1, 0.15) is 31.9 Å². The van der Waals surface area contributed by atoms with E-state index >= 15 is 0 Å². The van der Waals surface area contributed by atoms with Crippen molar-refractivity contribution in [2.24, 2.45) is 0 Å². The van der Waals surface area contributed by atoms with Crippen LogP contribution >= 0.6 is 0 Å². The van der Waals surface area contributed by atoms with Crippen molar-refractivity contribution in [2.45, 2.75) is 32.4 Å². The minimum atomic E-state index is -4.56. The average Bonchev–Trinajstić information content (AvgIpc) is 2.52. The van der Waals surface area contributed by atoms with Gasteiger partial charge in [0.15, 0.2) is 5.82 Å². The molecule has 0 atom stereocenters. The van der Waals surface area contributed by atoms with E-state index in [1.54, 1.807) is 13.1 Å². The third-order valence-electron chi connectivity index (χ3n) is 3.65. The lowest BCUT2D eigenvalue weighted by atomic mass is 9.87. The van der Waals surface area contributed by atoms with Crippen molar-refractivity contribution in [3.63, 3.8) is 0 Å². The lowest BCUT2D eigenvalue weighted by Gasteiger charge is -2.25. The van der Waals surface area contributed by atoms with E-state index in [0.29, 0.717) is 5.69 Å². The molecule has 0 saturated heterocycles. The van der Waals surface area contributed by atoms with E-state index in [0.717, 1.165) is 11.8 Å². The van der Waals surface area contributed by atoms with E-state index < -0.39 is 11.7 Å². The van der Waals surface area contributed by atoms with Crippen LogP contribution < -0.4 is 9.64 Å². The molecule has 0 saturated carbocycles.